The number of hydrogen-bond donors (Lipinski definition) is 1. The van der Waals surface area contributed by atoms with Crippen LogP contribution in [-0.4, -0.2) is 28.5 Å². The number of benzene rings is 1. The number of nitrogens with zero attached hydrogens (tertiary/aromatic N) is 1. The standard InChI is InChI=1S/C17H27NO2/c1-6-14(7-2)18(11-12(3)4)17(20)16-9-8-15(19)10-13(16)5/h8-10,12,14,19H,6-7,11H2,1-5H3. The van der Waals surface area contributed by atoms with Crippen LogP contribution in [0.2, 0.25) is 0 Å². The minimum atomic E-state index is 0.0740. The summed E-state index contributed by atoms with van der Waals surface area (Å²) in [6.45, 7) is 11.1. The van der Waals surface area contributed by atoms with E-state index in [1.165, 1.54) is 0 Å². The maximum atomic E-state index is 12.8. The van der Waals surface area contributed by atoms with Gasteiger partial charge in [-0.1, -0.05) is 27.7 Å². The molecule has 0 saturated heterocycles. The van der Waals surface area contributed by atoms with Gasteiger partial charge >= 0.3 is 0 Å². The van der Waals surface area contributed by atoms with Gasteiger partial charge in [0.1, 0.15) is 5.75 Å². The van der Waals surface area contributed by atoms with Gasteiger partial charge in [0.15, 0.2) is 0 Å². The number of carbonyl (C=O) groups is 1. The van der Waals surface area contributed by atoms with Gasteiger partial charge in [0.25, 0.3) is 5.91 Å². The van der Waals surface area contributed by atoms with E-state index in [0.29, 0.717) is 11.5 Å². The molecule has 0 aliphatic heterocycles. The van der Waals surface area contributed by atoms with Crippen LogP contribution in [0.1, 0.15) is 56.5 Å². The van der Waals surface area contributed by atoms with Crippen molar-refractivity contribution in [3.63, 3.8) is 0 Å². The molecule has 112 valence electrons. The highest BCUT2D eigenvalue weighted by atomic mass is 16.3. The topological polar surface area (TPSA) is 40.5 Å². The lowest BCUT2D eigenvalue weighted by Crippen LogP contribution is -2.42. The summed E-state index contributed by atoms with van der Waals surface area (Å²) in [5.74, 6) is 0.721. The minimum absolute atomic E-state index is 0.0740. The molecule has 1 amide bonds. The zero-order chi connectivity index (χ0) is 15.3. The predicted octanol–water partition coefficient (Wildman–Crippen LogP) is 3.99. The lowest BCUT2D eigenvalue weighted by Gasteiger charge is -2.32. The van der Waals surface area contributed by atoms with Crippen molar-refractivity contribution in [2.45, 2.75) is 53.5 Å². The first-order valence-electron chi connectivity index (χ1n) is 7.51. The molecule has 0 atom stereocenters. The molecule has 1 rings (SSSR count). The number of phenols is 1. The Bertz CT molecular complexity index is 450. The van der Waals surface area contributed by atoms with Gasteiger partial charge in [-0.2, -0.15) is 0 Å². The molecule has 0 aliphatic carbocycles. The summed E-state index contributed by atoms with van der Waals surface area (Å²) in [6, 6.07) is 5.23. The molecule has 0 radical (unpaired) electrons. The van der Waals surface area contributed by atoms with Crippen molar-refractivity contribution in [2.75, 3.05) is 6.54 Å². The highest BCUT2D eigenvalue weighted by molar-refractivity contribution is 5.96. The first kappa shape index (κ1) is 16.5. The number of amides is 1. The number of aromatic hydroxyl groups is 1. The zero-order valence-electron chi connectivity index (χ0n) is 13.3. The van der Waals surface area contributed by atoms with Crippen LogP contribution in [-0.2, 0) is 0 Å². The number of rotatable bonds is 6. The Hall–Kier alpha value is -1.51. The predicted molar refractivity (Wildman–Crippen MR) is 83.1 cm³/mol. The van der Waals surface area contributed by atoms with Gasteiger partial charge in [-0.15, -0.1) is 0 Å². The molecule has 0 saturated carbocycles. The average Bonchev–Trinajstić information content (AvgIpc) is 2.37. The highest BCUT2D eigenvalue weighted by Gasteiger charge is 2.24. The van der Waals surface area contributed by atoms with E-state index >= 15 is 0 Å². The number of aryl methyl sites for hydroxylation is 1. The van der Waals surface area contributed by atoms with Crippen LogP contribution in [0.5, 0.6) is 5.75 Å². The zero-order valence-corrected chi connectivity index (χ0v) is 13.3. The van der Waals surface area contributed by atoms with Crippen molar-refractivity contribution in [2.24, 2.45) is 5.92 Å². The Morgan fingerprint density at radius 3 is 2.30 bits per heavy atom. The Balaban J connectivity index is 3.09. The van der Waals surface area contributed by atoms with Gasteiger partial charge in [0.05, 0.1) is 0 Å². The molecule has 3 heteroatoms. The van der Waals surface area contributed by atoms with Crippen molar-refractivity contribution in [1.82, 2.24) is 4.90 Å². The normalized spacial score (nSPS) is 11.2. The van der Waals surface area contributed by atoms with E-state index in [1.54, 1.807) is 18.2 Å². The van der Waals surface area contributed by atoms with Crippen molar-refractivity contribution < 1.29 is 9.90 Å². The third kappa shape index (κ3) is 3.99. The quantitative estimate of drug-likeness (QED) is 0.854. The fraction of sp³-hybridized carbons (Fsp3) is 0.588. The molecule has 1 N–H and O–H groups in total. The fourth-order valence-electron chi connectivity index (χ4n) is 2.56. The Morgan fingerprint density at radius 2 is 1.85 bits per heavy atom. The largest absolute Gasteiger partial charge is 0.508 e. The highest BCUT2D eigenvalue weighted by Crippen LogP contribution is 2.21. The van der Waals surface area contributed by atoms with Crippen LogP contribution >= 0.6 is 0 Å². The van der Waals surface area contributed by atoms with Gasteiger partial charge in [-0.3, -0.25) is 4.79 Å². The van der Waals surface area contributed by atoms with E-state index in [2.05, 4.69) is 27.7 Å². The Kier molecular flexibility index (Phi) is 6.05. The van der Waals surface area contributed by atoms with Gasteiger partial charge in [0, 0.05) is 18.2 Å². The summed E-state index contributed by atoms with van der Waals surface area (Å²) in [4.78, 5) is 14.8. The summed E-state index contributed by atoms with van der Waals surface area (Å²) in [6.07, 6.45) is 1.93. The minimum Gasteiger partial charge on any atom is -0.508 e. The molecule has 0 aliphatic rings. The molecule has 20 heavy (non-hydrogen) atoms. The van der Waals surface area contributed by atoms with E-state index in [1.807, 2.05) is 11.8 Å². The first-order valence-corrected chi connectivity index (χ1v) is 7.51. The molecule has 1 aromatic carbocycles. The van der Waals surface area contributed by atoms with E-state index in [0.717, 1.165) is 24.9 Å². The number of hydrogen-bond acceptors (Lipinski definition) is 2. The van der Waals surface area contributed by atoms with Crippen molar-refractivity contribution >= 4 is 5.91 Å². The molecule has 0 bridgehead atoms. The third-order valence-electron chi connectivity index (χ3n) is 3.65. The van der Waals surface area contributed by atoms with Gasteiger partial charge in [-0.25, -0.2) is 0 Å². The summed E-state index contributed by atoms with van der Waals surface area (Å²) >= 11 is 0. The molecule has 0 aromatic heterocycles. The second-order valence-electron chi connectivity index (χ2n) is 5.82. The van der Waals surface area contributed by atoms with Crippen LogP contribution in [0.15, 0.2) is 18.2 Å². The Labute approximate surface area is 122 Å². The second-order valence-corrected chi connectivity index (χ2v) is 5.82. The molecule has 0 fully saturated rings. The van der Waals surface area contributed by atoms with Gasteiger partial charge in [0.2, 0.25) is 0 Å². The van der Waals surface area contributed by atoms with Gasteiger partial charge in [-0.05, 0) is 49.4 Å². The van der Waals surface area contributed by atoms with Crippen LogP contribution < -0.4 is 0 Å². The van der Waals surface area contributed by atoms with Gasteiger partial charge < -0.3 is 10.0 Å². The monoisotopic (exact) mass is 277 g/mol. The fourth-order valence-corrected chi connectivity index (χ4v) is 2.56. The number of carbonyl (C=O) groups excluding carboxylic acids is 1. The lowest BCUT2D eigenvalue weighted by molar-refractivity contribution is 0.0639. The van der Waals surface area contributed by atoms with E-state index in [9.17, 15) is 9.90 Å². The van der Waals surface area contributed by atoms with E-state index in [4.69, 9.17) is 0 Å². The summed E-state index contributed by atoms with van der Waals surface area (Å²) in [5, 5.41) is 9.48. The van der Waals surface area contributed by atoms with Crippen LogP contribution in [0.3, 0.4) is 0 Å². The molecular weight excluding hydrogens is 250 g/mol. The van der Waals surface area contributed by atoms with E-state index < -0.39 is 0 Å². The third-order valence-corrected chi connectivity index (χ3v) is 3.65. The van der Waals surface area contributed by atoms with Crippen LogP contribution in [0.25, 0.3) is 0 Å². The molecular formula is C17H27NO2. The number of phenolic OH excluding ortho intramolecular Hbond substituents is 1. The average molecular weight is 277 g/mol. The molecule has 0 unspecified atom stereocenters. The maximum absolute atomic E-state index is 12.8. The van der Waals surface area contributed by atoms with Crippen LogP contribution in [0, 0.1) is 12.8 Å². The van der Waals surface area contributed by atoms with E-state index in [-0.39, 0.29) is 17.7 Å². The van der Waals surface area contributed by atoms with Crippen LogP contribution in [0.4, 0.5) is 0 Å². The Morgan fingerprint density at radius 1 is 1.25 bits per heavy atom. The summed E-state index contributed by atoms with van der Waals surface area (Å²) in [7, 11) is 0. The maximum Gasteiger partial charge on any atom is 0.254 e. The van der Waals surface area contributed by atoms with Crippen molar-refractivity contribution in [1.29, 1.82) is 0 Å². The SMILES string of the molecule is CCC(CC)N(CC(C)C)C(=O)c1ccc(O)cc1C. The second kappa shape index (κ2) is 7.32. The molecule has 0 heterocycles. The van der Waals surface area contributed by atoms with Crippen molar-refractivity contribution in [3.8, 4) is 5.75 Å². The summed E-state index contributed by atoms with van der Waals surface area (Å²) in [5.41, 5.74) is 1.52. The lowest BCUT2D eigenvalue weighted by atomic mass is 10.0. The molecule has 1 aromatic rings. The molecule has 0 spiro atoms. The first-order chi connectivity index (χ1) is 9.40. The smallest absolute Gasteiger partial charge is 0.254 e. The summed E-state index contributed by atoms with van der Waals surface area (Å²) < 4.78 is 0. The van der Waals surface area contributed by atoms with Crippen molar-refractivity contribution in [3.05, 3.63) is 29.3 Å². The molecule has 3 nitrogen and oxygen atoms in total.